The minimum absolute atomic E-state index is 0.0739. The summed E-state index contributed by atoms with van der Waals surface area (Å²) < 4.78 is 37.7. The molecule has 1 aromatic heterocycles. The van der Waals surface area contributed by atoms with Crippen molar-refractivity contribution in [1.29, 1.82) is 0 Å². The molecule has 0 aliphatic heterocycles. The summed E-state index contributed by atoms with van der Waals surface area (Å²) in [7, 11) is 1.83. The Morgan fingerprint density at radius 2 is 1.94 bits per heavy atom. The number of hydrogen-bond donors (Lipinski definition) is 1. The van der Waals surface area contributed by atoms with E-state index in [0.717, 1.165) is 17.0 Å². The van der Waals surface area contributed by atoms with Gasteiger partial charge in [-0.2, -0.15) is 18.3 Å². The van der Waals surface area contributed by atoms with Crippen LogP contribution in [0.5, 0.6) is 0 Å². The Bertz CT molecular complexity index is 369. The van der Waals surface area contributed by atoms with E-state index in [4.69, 9.17) is 0 Å². The Kier molecular flexibility index (Phi) is 4.56. The quantitative estimate of drug-likeness (QED) is 0.869. The molecular weight excluding hydrogens is 231 g/mol. The molecular formula is C11H18F3N3. The Hall–Kier alpha value is -1.04. The van der Waals surface area contributed by atoms with Crippen LogP contribution in [-0.4, -0.2) is 23.0 Å². The number of nitrogens with zero attached hydrogens (tertiary/aromatic N) is 2. The lowest BCUT2D eigenvalue weighted by molar-refractivity contribution is -0.136. The van der Waals surface area contributed by atoms with Crippen molar-refractivity contribution in [3.8, 4) is 0 Å². The van der Waals surface area contributed by atoms with Crippen molar-refractivity contribution >= 4 is 0 Å². The molecule has 0 aromatic carbocycles. The molecule has 0 saturated heterocycles. The fourth-order valence-corrected chi connectivity index (χ4v) is 1.81. The highest BCUT2D eigenvalue weighted by Crippen LogP contribution is 2.22. The van der Waals surface area contributed by atoms with Crippen LogP contribution in [0.3, 0.4) is 0 Å². The average Bonchev–Trinajstić information content (AvgIpc) is 2.45. The van der Waals surface area contributed by atoms with E-state index in [1.165, 1.54) is 0 Å². The second-order valence-corrected chi connectivity index (χ2v) is 4.12. The van der Waals surface area contributed by atoms with Gasteiger partial charge in [0.2, 0.25) is 0 Å². The molecule has 0 atom stereocenters. The molecule has 1 rings (SSSR count). The summed E-state index contributed by atoms with van der Waals surface area (Å²) in [5, 5.41) is 7.28. The van der Waals surface area contributed by atoms with Crippen LogP contribution in [0.4, 0.5) is 13.2 Å². The van der Waals surface area contributed by atoms with Gasteiger partial charge in [-0.25, -0.2) is 0 Å². The van der Waals surface area contributed by atoms with Crippen molar-refractivity contribution < 1.29 is 13.2 Å². The summed E-state index contributed by atoms with van der Waals surface area (Å²) in [5.74, 6) is 0. The second-order valence-electron chi connectivity index (χ2n) is 4.12. The number of halogens is 3. The molecule has 0 fully saturated rings. The average molecular weight is 249 g/mol. The molecule has 0 saturated carbocycles. The van der Waals surface area contributed by atoms with Crippen LogP contribution in [0.2, 0.25) is 0 Å². The minimum Gasteiger partial charge on any atom is -0.316 e. The van der Waals surface area contributed by atoms with E-state index in [9.17, 15) is 13.2 Å². The first kappa shape index (κ1) is 14.0. The summed E-state index contributed by atoms with van der Waals surface area (Å²) in [5.41, 5.74) is 2.89. The monoisotopic (exact) mass is 249 g/mol. The molecule has 1 N–H and O–H groups in total. The van der Waals surface area contributed by atoms with Crippen LogP contribution < -0.4 is 5.32 Å². The highest BCUT2D eigenvalue weighted by molar-refractivity contribution is 5.24. The standard InChI is InChI=1S/C11H18F3N3/c1-8-10(7-15-3)9(2)17(16-8)6-4-5-11(12,13)14/h15H,4-7H2,1-3H3. The van der Waals surface area contributed by atoms with Gasteiger partial charge in [-0.3, -0.25) is 4.68 Å². The van der Waals surface area contributed by atoms with Gasteiger partial charge in [0, 0.05) is 30.8 Å². The van der Waals surface area contributed by atoms with Crippen molar-refractivity contribution in [2.24, 2.45) is 0 Å². The Morgan fingerprint density at radius 3 is 2.47 bits per heavy atom. The summed E-state index contributed by atoms with van der Waals surface area (Å²) in [6.07, 6.45) is -4.76. The fourth-order valence-electron chi connectivity index (χ4n) is 1.81. The Morgan fingerprint density at radius 1 is 1.29 bits per heavy atom. The lowest BCUT2D eigenvalue weighted by atomic mass is 10.2. The first-order chi connectivity index (χ1) is 7.85. The zero-order chi connectivity index (χ0) is 13.1. The van der Waals surface area contributed by atoms with Crippen LogP contribution in [0.1, 0.15) is 29.8 Å². The highest BCUT2D eigenvalue weighted by atomic mass is 19.4. The predicted octanol–water partition coefficient (Wildman–Crippen LogP) is 2.56. The number of aryl methyl sites for hydroxylation is 2. The normalized spacial score (nSPS) is 12.1. The molecule has 1 heterocycles. The zero-order valence-corrected chi connectivity index (χ0v) is 10.4. The Balaban J connectivity index is 2.63. The van der Waals surface area contributed by atoms with Crippen molar-refractivity contribution in [1.82, 2.24) is 15.1 Å². The first-order valence-corrected chi connectivity index (χ1v) is 5.59. The van der Waals surface area contributed by atoms with Crippen LogP contribution in [-0.2, 0) is 13.1 Å². The van der Waals surface area contributed by atoms with Gasteiger partial charge in [0.25, 0.3) is 0 Å². The van der Waals surface area contributed by atoms with Crippen LogP contribution >= 0.6 is 0 Å². The third-order valence-electron chi connectivity index (χ3n) is 2.72. The highest BCUT2D eigenvalue weighted by Gasteiger charge is 2.26. The number of rotatable bonds is 5. The van der Waals surface area contributed by atoms with Gasteiger partial charge in [0.1, 0.15) is 0 Å². The van der Waals surface area contributed by atoms with E-state index in [1.807, 2.05) is 20.9 Å². The molecule has 0 bridgehead atoms. The van der Waals surface area contributed by atoms with Gasteiger partial charge in [-0.05, 0) is 27.3 Å². The van der Waals surface area contributed by atoms with Gasteiger partial charge in [-0.15, -0.1) is 0 Å². The maximum Gasteiger partial charge on any atom is 0.389 e. The fraction of sp³-hybridized carbons (Fsp3) is 0.727. The summed E-state index contributed by atoms with van der Waals surface area (Å²) >= 11 is 0. The SMILES string of the molecule is CNCc1c(C)nn(CCCC(F)(F)F)c1C. The summed E-state index contributed by atoms with van der Waals surface area (Å²) in [4.78, 5) is 0. The maximum atomic E-state index is 12.0. The van der Waals surface area contributed by atoms with E-state index in [-0.39, 0.29) is 6.42 Å². The smallest absolute Gasteiger partial charge is 0.316 e. The van der Waals surface area contributed by atoms with Gasteiger partial charge in [0.05, 0.1) is 5.69 Å². The molecule has 0 radical (unpaired) electrons. The topological polar surface area (TPSA) is 29.9 Å². The molecule has 17 heavy (non-hydrogen) atoms. The second kappa shape index (κ2) is 5.53. The molecule has 98 valence electrons. The van der Waals surface area contributed by atoms with Crippen LogP contribution in [0.15, 0.2) is 0 Å². The maximum absolute atomic E-state index is 12.0. The van der Waals surface area contributed by atoms with Gasteiger partial charge < -0.3 is 5.32 Å². The van der Waals surface area contributed by atoms with Crippen LogP contribution in [0, 0.1) is 13.8 Å². The minimum atomic E-state index is -4.08. The molecule has 0 amide bonds. The van der Waals surface area contributed by atoms with E-state index in [1.54, 1.807) is 4.68 Å². The third-order valence-corrected chi connectivity index (χ3v) is 2.72. The van der Waals surface area contributed by atoms with Crippen molar-refractivity contribution in [3.63, 3.8) is 0 Å². The van der Waals surface area contributed by atoms with E-state index in [0.29, 0.717) is 13.1 Å². The number of alkyl halides is 3. The zero-order valence-electron chi connectivity index (χ0n) is 10.4. The van der Waals surface area contributed by atoms with E-state index in [2.05, 4.69) is 10.4 Å². The lowest BCUT2D eigenvalue weighted by Gasteiger charge is -2.07. The number of nitrogens with one attached hydrogen (secondary N) is 1. The molecule has 0 spiro atoms. The molecule has 6 heteroatoms. The first-order valence-electron chi connectivity index (χ1n) is 5.59. The van der Waals surface area contributed by atoms with Crippen LogP contribution in [0.25, 0.3) is 0 Å². The summed E-state index contributed by atoms with van der Waals surface area (Å²) in [6, 6.07) is 0. The largest absolute Gasteiger partial charge is 0.389 e. The summed E-state index contributed by atoms with van der Waals surface area (Å²) in [6.45, 7) is 4.77. The predicted molar refractivity (Wildman–Crippen MR) is 59.8 cm³/mol. The number of aromatic nitrogens is 2. The Labute approximate surface area is 99.0 Å². The van der Waals surface area contributed by atoms with Crippen molar-refractivity contribution in [3.05, 3.63) is 17.0 Å². The van der Waals surface area contributed by atoms with Crippen molar-refractivity contribution in [2.45, 2.75) is 46.0 Å². The molecule has 1 aromatic rings. The number of hydrogen-bond acceptors (Lipinski definition) is 2. The molecule has 0 aliphatic carbocycles. The van der Waals surface area contributed by atoms with Gasteiger partial charge in [0.15, 0.2) is 0 Å². The van der Waals surface area contributed by atoms with E-state index < -0.39 is 12.6 Å². The van der Waals surface area contributed by atoms with Gasteiger partial charge >= 0.3 is 6.18 Å². The lowest BCUT2D eigenvalue weighted by Crippen LogP contribution is -2.11. The third kappa shape index (κ3) is 4.03. The molecule has 0 aliphatic rings. The van der Waals surface area contributed by atoms with E-state index >= 15 is 0 Å². The molecule has 0 unspecified atom stereocenters. The van der Waals surface area contributed by atoms with Gasteiger partial charge in [-0.1, -0.05) is 0 Å². The molecule has 3 nitrogen and oxygen atoms in total. The van der Waals surface area contributed by atoms with Crippen molar-refractivity contribution in [2.75, 3.05) is 7.05 Å².